The van der Waals surface area contributed by atoms with Crippen LogP contribution in [0.3, 0.4) is 0 Å². The quantitative estimate of drug-likeness (QED) is 0.790. The summed E-state index contributed by atoms with van der Waals surface area (Å²) < 4.78 is 5.33. The van der Waals surface area contributed by atoms with Crippen LogP contribution in [-0.4, -0.2) is 47.8 Å². The Morgan fingerprint density at radius 1 is 1.50 bits per heavy atom. The highest BCUT2D eigenvalue weighted by atomic mass is 16.5. The highest BCUT2D eigenvalue weighted by molar-refractivity contribution is 5.78. The summed E-state index contributed by atoms with van der Waals surface area (Å²) in [7, 11) is 0. The molecule has 2 aliphatic heterocycles. The predicted octanol–water partition coefficient (Wildman–Crippen LogP) is 1.35. The molecule has 4 heteroatoms. The Bertz CT molecular complexity index is 263. The van der Waals surface area contributed by atoms with Crippen molar-refractivity contribution in [1.29, 1.82) is 0 Å². The molecule has 1 atom stereocenters. The molecule has 1 N–H and O–H groups in total. The largest absolute Gasteiger partial charge is 0.480 e. The van der Waals surface area contributed by atoms with Crippen molar-refractivity contribution in [2.75, 3.05) is 26.3 Å². The van der Waals surface area contributed by atoms with Crippen LogP contribution in [0.15, 0.2) is 0 Å². The molecule has 2 fully saturated rings. The molecule has 2 saturated heterocycles. The molecule has 16 heavy (non-hydrogen) atoms. The van der Waals surface area contributed by atoms with Gasteiger partial charge in [-0.05, 0) is 45.1 Å². The van der Waals surface area contributed by atoms with E-state index in [0.717, 1.165) is 52.0 Å². The zero-order valence-corrected chi connectivity index (χ0v) is 9.95. The van der Waals surface area contributed by atoms with Gasteiger partial charge in [-0.1, -0.05) is 0 Å². The lowest BCUT2D eigenvalue weighted by Crippen LogP contribution is -2.50. The highest BCUT2D eigenvalue weighted by Crippen LogP contribution is 2.31. The van der Waals surface area contributed by atoms with Gasteiger partial charge in [0.15, 0.2) is 0 Å². The Kier molecular flexibility index (Phi) is 3.50. The van der Waals surface area contributed by atoms with Gasteiger partial charge in [-0.15, -0.1) is 0 Å². The van der Waals surface area contributed by atoms with E-state index >= 15 is 0 Å². The third-order valence-electron chi connectivity index (χ3n) is 4.07. The number of rotatable bonds is 3. The van der Waals surface area contributed by atoms with Gasteiger partial charge in [-0.2, -0.15) is 0 Å². The summed E-state index contributed by atoms with van der Waals surface area (Å²) in [5, 5.41) is 9.31. The number of carboxylic acid groups (broad SMARTS) is 1. The second-order valence-electron chi connectivity index (χ2n) is 5.18. The Balaban J connectivity index is 1.95. The van der Waals surface area contributed by atoms with Crippen LogP contribution >= 0.6 is 0 Å². The first-order chi connectivity index (χ1) is 7.63. The van der Waals surface area contributed by atoms with E-state index in [9.17, 15) is 9.90 Å². The molecule has 2 aliphatic rings. The molecule has 0 amide bonds. The maximum atomic E-state index is 11.3. The monoisotopic (exact) mass is 227 g/mol. The summed E-state index contributed by atoms with van der Waals surface area (Å²) in [4.78, 5) is 13.5. The smallest absolute Gasteiger partial charge is 0.323 e. The van der Waals surface area contributed by atoms with E-state index in [4.69, 9.17) is 4.74 Å². The van der Waals surface area contributed by atoms with Crippen LogP contribution in [0.2, 0.25) is 0 Å². The summed E-state index contributed by atoms with van der Waals surface area (Å²) in [5.41, 5.74) is -0.627. The highest BCUT2D eigenvalue weighted by Gasteiger charge is 2.43. The minimum Gasteiger partial charge on any atom is -0.480 e. The third-order valence-corrected chi connectivity index (χ3v) is 4.07. The topological polar surface area (TPSA) is 49.8 Å². The SMILES string of the molecule is CC1(C(=O)O)CCCN1CC1CCOCC1. The summed E-state index contributed by atoms with van der Waals surface area (Å²) in [5.74, 6) is -0.0532. The lowest BCUT2D eigenvalue weighted by molar-refractivity contribution is -0.149. The summed E-state index contributed by atoms with van der Waals surface area (Å²) in [6.07, 6.45) is 3.94. The number of carbonyl (C=O) groups is 1. The average molecular weight is 227 g/mol. The van der Waals surface area contributed by atoms with E-state index in [1.807, 2.05) is 6.92 Å². The van der Waals surface area contributed by atoms with Crippen molar-refractivity contribution < 1.29 is 14.6 Å². The number of hydrogen-bond acceptors (Lipinski definition) is 3. The summed E-state index contributed by atoms with van der Waals surface area (Å²) in [6, 6.07) is 0. The number of hydrogen-bond donors (Lipinski definition) is 1. The van der Waals surface area contributed by atoms with Crippen LogP contribution < -0.4 is 0 Å². The fraction of sp³-hybridized carbons (Fsp3) is 0.917. The van der Waals surface area contributed by atoms with Gasteiger partial charge >= 0.3 is 5.97 Å². The number of likely N-dealkylation sites (tertiary alicyclic amines) is 1. The Morgan fingerprint density at radius 2 is 2.19 bits per heavy atom. The standard InChI is InChI=1S/C12H21NO3/c1-12(11(14)15)5-2-6-13(12)9-10-3-7-16-8-4-10/h10H,2-9H2,1H3,(H,14,15). The maximum Gasteiger partial charge on any atom is 0.323 e. The Hall–Kier alpha value is -0.610. The van der Waals surface area contributed by atoms with Crippen molar-refractivity contribution in [3.8, 4) is 0 Å². The molecule has 0 aliphatic carbocycles. The number of carboxylic acids is 1. The van der Waals surface area contributed by atoms with E-state index in [-0.39, 0.29) is 0 Å². The number of nitrogens with zero attached hydrogens (tertiary/aromatic N) is 1. The van der Waals surface area contributed by atoms with Crippen molar-refractivity contribution in [3.63, 3.8) is 0 Å². The second-order valence-corrected chi connectivity index (χ2v) is 5.18. The van der Waals surface area contributed by atoms with E-state index in [1.165, 1.54) is 0 Å². The van der Waals surface area contributed by atoms with E-state index in [1.54, 1.807) is 0 Å². The van der Waals surface area contributed by atoms with Crippen LogP contribution in [0.25, 0.3) is 0 Å². The minimum absolute atomic E-state index is 0.616. The second kappa shape index (κ2) is 4.72. The number of aliphatic carboxylic acids is 1. The van der Waals surface area contributed by atoms with Crippen LogP contribution in [-0.2, 0) is 9.53 Å². The van der Waals surface area contributed by atoms with Crippen molar-refractivity contribution in [3.05, 3.63) is 0 Å². The van der Waals surface area contributed by atoms with Gasteiger partial charge in [0.1, 0.15) is 5.54 Å². The zero-order chi connectivity index (χ0) is 11.6. The van der Waals surface area contributed by atoms with Crippen LogP contribution in [0.5, 0.6) is 0 Å². The van der Waals surface area contributed by atoms with Crippen molar-refractivity contribution in [2.24, 2.45) is 5.92 Å². The molecule has 0 radical (unpaired) electrons. The van der Waals surface area contributed by atoms with Crippen molar-refractivity contribution in [1.82, 2.24) is 4.90 Å². The first-order valence-corrected chi connectivity index (χ1v) is 6.19. The van der Waals surface area contributed by atoms with Crippen LogP contribution in [0.4, 0.5) is 0 Å². The molecule has 0 aromatic rings. The van der Waals surface area contributed by atoms with Crippen molar-refractivity contribution >= 4 is 5.97 Å². The van der Waals surface area contributed by atoms with Gasteiger partial charge in [-0.3, -0.25) is 9.69 Å². The summed E-state index contributed by atoms with van der Waals surface area (Å²) in [6.45, 7) is 5.39. The van der Waals surface area contributed by atoms with Gasteiger partial charge in [0.25, 0.3) is 0 Å². The zero-order valence-electron chi connectivity index (χ0n) is 9.95. The first-order valence-electron chi connectivity index (χ1n) is 6.19. The number of ether oxygens (including phenoxy) is 1. The molecule has 0 aromatic heterocycles. The maximum absolute atomic E-state index is 11.3. The molecule has 0 bridgehead atoms. The fourth-order valence-corrected chi connectivity index (χ4v) is 2.79. The molecule has 92 valence electrons. The van der Waals surface area contributed by atoms with Gasteiger partial charge in [0, 0.05) is 19.8 Å². The molecular formula is C12H21NO3. The van der Waals surface area contributed by atoms with Crippen LogP contribution in [0, 0.1) is 5.92 Å². The van der Waals surface area contributed by atoms with E-state index in [0.29, 0.717) is 5.92 Å². The molecule has 0 saturated carbocycles. The fourth-order valence-electron chi connectivity index (χ4n) is 2.79. The molecular weight excluding hydrogens is 206 g/mol. The lowest BCUT2D eigenvalue weighted by atomic mass is 9.95. The summed E-state index contributed by atoms with van der Waals surface area (Å²) >= 11 is 0. The minimum atomic E-state index is -0.669. The van der Waals surface area contributed by atoms with Gasteiger partial charge in [-0.25, -0.2) is 0 Å². The van der Waals surface area contributed by atoms with Crippen molar-refractivity contribution in [2.45, 2.75) is 38.1 Å². The molecule has 4 nitrogen and oxygen atoms in total. The predicted molar refractivity (Wildman–Crippen MR) is 60.4 cm³/mol. The lowest BCUT2D eigenvalue weighted by Gasteiger charge is -2.35. The van der Waals surface area contributed by atoms with Gasteiger partial charge in [0.2, 0.25) is 0 Å². The van der Waals surface area contributed by atoms with E-state index < -0.39 is 11.5 Å². The van der Waals surface area contributed by atoms with Gasteiger partial charge in [0.05, 0.1) is 0 Å². The molecule has 0 spiro atoms. The van der Waals surface area contributed by atoms with E-state index in [2.05, 4.69) is 4.90 Å². The first kappa shape index (κ1) is 11.9. The van der Waals surface area contributed by atoms with Crippen LogP contribution in [0.1, 0.15) is 32.6 Å². The molecule has 2 heterocycles. The molecule has 1 unspecified atom stereocenters. The average Bonchev–Trinajstić information content (AvgIpc) is 2.63. The molecule has 0 aromatic carbocycles. The Morgan fingerprint density at radius 3 is 2.81 bits per heavy atom. The third kappa shape index (κ3) is 2.23. The van der Waals surface area contributed by atoms with Gasteiger partial charge < -0.3 is 9.84 Å². The normalized spacial score (nSPS) is 33.1. The molecule has 2 rings (SSSR count). The Labute approximate surface area is 96.6 Å².